The molecule has 0 atom stereocenters. The molecule has 7 nitrogen and oxygen atoms in total. The van der Waals surface area contributed by atoms with E-state index in [0.717, 1.165) is 35.2 Å². The van der Waals surface area contributed by atoms with Crippen LogP contribution in [0.1, 0.15) is 18.1 Å². The van der Waals surface area contributed by atoms with E-state index in [4.69, 9.17) is 18.6 Å². The fourth-order valence-electron chi connectivity index (χ4n) is 4.22. The molecule has 0 bridgehead atoms. The van der Waals surface area contributed by atoms with Crippen LogP contribution < -0.4 is 10.4 Å². The van der Waals surface area contributed by atoms with Crippen molar-refractivity contribution in [3.8, 4) is 16.9 Å². The summed E-state index contributed by atoms with van der Waals surface area (Å²) in [6, 6.07) is 13.3. The highest BCUT2D eigenvalue weighted by molar-refractivity contribution is 5.96. The number of fused-ring (bicyclic) bond motifs is 1. The van der Waals surface area contributed by atoms with Crippen molar-refractivity contribution < 1.29 is 23.4 Å². The standard InChI is InChI=1S/C27H29NO6.ClH/c1-3-8-21-26(33-18-25(30)32-4-2)20(17-28-11-13-31-14-12-28)15-23-22(16-24(29)34-27(21)23)19-9-6-5-7-10-19;/h3,5-7,9-10,15-16H,1,4,8,11-14,17-18H2,2H3;1H. The van der Waals surface area contributed by atoms with Gasteiger partial charge in [-0.2, -0.15) is 0 Å². The first-order valence-corrected chi connectivity index (χ1v) is 11.5. The van der Waals surface area contributed by atoms with Gasteiger partial charge in [0.1, 0.15) is 11.3 Å². The average molecular weight is 500 g/mol. The third kappa shape index (κ3) is 6.31. The number of morpholine rings is 1. The highest BCUT2D eigenvalue weighted by atomic mass is 35.5. The second-order valence-corrected chi connectivity index (χ2v) is 8.04. The average Bonchev–Trinajstić information content (AvgIpc) is 2.85. The maximum absolute atomic E-state index is 12.6. The van der Waals surface area contributed by atoms with Crippen LogP contribution in [-0.4, -0.2) is 50.4 Å². The molecule has 8 heteroatoms. The first kappa shape index (κ1) is 26.5. The molecule has 0 N–H and O–H groups in total. The maximum Gasteiger partial charge on any atom is 0.344 e. The zero-order valence-electron chi connectivity index (χ0n) is 19.8. The topological polar surface area (TPSA) is 78.2 Å². The van der Waals surface area contributed by atoms with Gasteiger partial charge in [-0.05, 0) is 30.5 Å². The number of nitrogens with zero attached hydrogens (tertiary/aromatic N) is 1. The highest BCUT2D eigenvalue weighted by Gasteiger charge is 2.22. The van der Waals surface area contributed by atoms with Gasteiger partial charge in [0.05, 0.1) is 19.8 Å². The van der Waals surface area contributed by atoms with E-state index in [-0.39, 0.29) is 25.6 Å². The molecular weight excluding hydrogens is 470 g/mol. The van der Waals surface area contributed by atoms with Gasteiger partial charge in [0.15, 0.2) is 6.61 Å². The van der Waals surface area contributed by atoms with Crippen LogP contribution in [0.15, 0.2) is 64.3 Å². The molecule has 35 heavy (non-hydrogen) atoms. The van der Waals surface area contributed by atoms with Crippen molar-refractivity contribution in [2.24, 2.45) is 0 Å². The third-order valence-electron chi connectivity index (χ3n) is 5.73. The Morgan fingerprint density at radius 2 is 1.91 bits per heavy atom. The van der Waals surface area contributed by atoms with Crippen molar-refractivity contribution in [1.29, 1.82) is 0 Å². The number of ether oxygens (including phenoxy) is 3. The Hall–Kier alpha value is -3.13. The molecule has 1 aliphatic heterocycles. The predicted molar refractivity (Wildman–Crippen MR) is 137 cm³/mol. The van der Waals surface area contributed by atoms with Crippen molar-refractivity contribution in [2.75, 3.05) is 39.5 Å². The minimum absolute atomic E-state index is 0. The Morgan fingerprint density at radius 3 is 2.60 bits per heavy atom. The molecule has 0 saturated carbocycles. The van der Waals surface area contributed by atoms with Crippen LogP contribution in [0, 0.1) is 0 Å². The molecule has 3 aromatic rings. The van der Waals surface area contributed by atoms with E-state index in [0.29, 0.717) is 43.1 Å². The summed E-state index contributed by atoms with van der Waals surface area (Å²) in [5, 5.41) is 0.814. The third-order valence-corrected chi connectivity index (χ3v) is 5.73. The fraction of sp³-hybridized carbons (Fsp3) is 0.333. The van der Waals surface area contributed by atoms with Crippen molar-refractivity contribution in [3.05, 3.63) is 76.7 Å². The van der Waals surface area contributed by atoms with Crippen molar-refractivity contribution in [1.82, 2.24) is 4.90 Å². The van der Waals surface area contributed by atoms with Crippen LogP contribution in [0.2, 0.25) is 0 Å². The highest BCUT2D eigenvalue weighted by Crippen LogP contribution is 2.38. The van der Waals surface area contributed by atoms with Crippen LogP contribution in [0.4, 0.5) is 0 Å². The van der Waals surface area contributed by atoms with Crippen LogP contribution in [0.25, 0.3) is 22.1 Å². The summed E-state index contributed by atoms with van der Waals surface area (Å²) >= 11 is 0. The molecule has 1 aromatic heterocycles. The van der Waals surface area contributed by atoms with E-state index in [1.54, 1.807) is 13.0 Å². The Bertz CT molecular complexity index is 1220. The quantitative estimate of drug-likeness (QED) is 0.245. The number of rotatable bonds is 9. The summed E-state index contributed by atoms with van der Waals surface area (Å²) in [7, 11) is 0. The van der Waals surface area contributed by atoms with Crippen molar-refractivity contribution >= 4 is 29.3 Å². The molecule has 2 aromatic carbocycles. The van der Waals surface area contributed by atoms with Crippen LogP contribution in [0.3, 0.4) is 0 Å². The zero-order valence-corrected chi connectivity index (χ0v) is 20.6. The molecule has 2 heterocycles. The summed E-state index contributed by atoms with van der Waals surface area (Å²) in [5.41, 5.74) is 3.29. The van der Waals surface area contributed by atoms with Crippen LogP contribution >= 0.6 is 12.4 Å². The lowest BCUT2D eigenvalue weighted by Gasteiger charge is -2.28. The van der Waals surface area contributed by atoms with Crippen LogP contribution in [0.5, 0.6) is 5.75 Å². The molecule has 0 amide bonds. The Labute approximate surface area is 210 Å². The second-order valence-electron chi connectivity index (χ2n) is 8.04. The zero-order chi connectivity index (χ0) is 23.9. The summed E-state index contributed by atoms with van der Waals surface area (Å²) in [6.45, 7) is 9.19. The number of halogens is 1. The van der Waals surface area contributed by atoms with Gasteiger partial charge in [0, 0.05) is 42.2 Å². The molecular formula is C27H30ClNO6. The first-order valence-electron chi connectivity index (χ1n) is 11.5. The summed E-state index contributed by atoms with van der Waals surface area (Å²) in [4.78, 5) is 26.9. The maximum atomic E-state index is 12.6. The summed E-state index contributed by atoms with van der Waals surface area (Å²) in [6.07, 6.45) is 2.15. The van der Waals surface area contributed by atoms with Gasteiger partial charge in [-0.25, -0.2) is 9.59 Å². The molecule has 0 spiro atoms. The largest absolute Gasteiger partial charge is 0.481 e. The molecule has 1 fully saturated rings. The summed E-state index contributed by atoms with van der Waals surface area (Å²) in [5.74, 6) is 0.0734. The van der Waals surface area contributed by atoms with Gasteiger partial charge in [-0.15, -0.1) is 19.0 Å². The van der Waals surface area contributed by atoms with Gasteiger partial charge in [-0.1, -0.05) is 36.4 Å². The molecule has 1 aliphatic rings. The number of benzene rings is 2. The predicted octanol–water partition coefficient (Wildman–Crippen LogP) is 4.38. The molecule has 0 aliphatic carbocycles. The normalized spacial score (nSPS) is 13.7. The number of esters is 1. The minimum Gasteiger partial charge on any atom is -0.481 e. The van der Waals surface area contributed by atoms with E-state index in [1.165, 1.54) is 6.07 Å². The fourth-order valence-corrected chi connectivity index (χ4v) is 4.22. The lowest BCUT2D eigenvalue weighted by atomic mass is 9.95. The Morgan fingerprint density at radius 1 is 1.17 bits per heavy atom. The summed E-state index contributed by atoms with van der Waals surface area (Å²) < 4.78 is 22.3. The van der Waals surface area contributed by atoms with E-state index < -0.39 is 11.6 Å². The van der Waals surface area contributed by atoms with Crippen LogP contribution in [-0.2, 0) is 27.2 Å². The van der Waals surface area contributed by atoms with E-state index in [2.05, 4.69) is 11.5 Å². The number of hydrogen-bond acceptors (Lipinski definition) is 7. The van der Waals surface area contributed by atoms with E-state index in [9.17, 15) is 9.59 Å². The molecule has 0 radical (unpaired) electrons. The molecule has 186 valence electrons. The van der Waals surface area contributed by atoms with Gasteiger partial charge in [-0.3, -0.25) is 4.90 Å². The SMILES string of the molecule is C=CCc1c(OCC(=O)OCC)c(CN2CCOCC2)cc2c(-c3ccccc3)cc(=O)oc12.Cl. The molecule has 0 unspecified atom stereocenters. The Kier molecular flexibility index (Phi) is 9.48. The first-order chi connectivity index (χ1) is 16.6. The second kappa shape index (κ2) is 12.5. The van der Waals surface area contributed by atoms with E-state index >= 15 is 0 Å². The Balaban J connectivity index is 0.00000342. The molecule has 1 saturated heterocycles. The van der Waals surface area contributed by atoms with Gasteiger partial charge >= 0.3 is 11.6 Å². The molecule has 4 rings (SSSR count). The number of carbonyl (C=O) groups is 1. The minimum atomic E-state index is -0.455. The smallest absolute Gasteiger partial charge is 0.344 e. The van der Waals surface area contributed by atoms with Gasteiger partial charge in [0.25, 0.3) is 0 Å². The number of hydrogen-bond donors (Lipinski definition) is 0. The van der Waals surface area contributed by atoms with Gasteiger partial charge in [0.2, 0.25) is 0 Å². The van der Waals surface area contributed by atoms with Crippen molar-refractivity contribution in [3.63, 3.8) is 0 Å². The van der Waals surface area contributed by atoms with Gasteiger partial charge < -0.3 is 18.6 Å². The van der Waals surface area contributed by atoms with E-state index in [1.807, 2.05) is 36.4 Å². The number of carbonyl (C=O) groups excluding carboxylic acids is 1. The van der Waals surface area contributed by atoms with Crippen molar-refractivity contribution in [2.45, 2.75) is 19.9 Å². The lowest BCUT2D eigenvalue weighted by Crippen LogP contribution is -2.35. The number of allylic oxidation sites excluding steroid dienone is 1. The monoisotopic (exact) mass is 499 g/mol. The lowest BCUT2D eigenvalue weighted by molar-refractivity contribution is -0.145.